The first-order chi connectivity index (χ1) is 6.77. The molecule has 1 aromatic rings. The lowest BCUT2D eigenvalue weighted by Crippen LogP contribution is -1.99. The van der Waals surface area contributed by atoms with E-state index >= 15 is 0 Å². The molecule has 0 saturated heterocycles. The van der Waals surface area contributed by atoms with E-state index in [9.17, 15) is 4.79 Å². The van der Waals surface area contributed by atoms with Crippen LogP contribution in [0.25, 0.3) is 6.08 Å². The van der Waals surface area contributed by atoms with Crippen molar-refractivity contribution in [2.24, 2.45) is 0 Å². The van der Waals surface area contributed by atoms with Crippen LogP contribution in [0, 0.1) is 0 Å². The Hall–Kier alpha value is -1.28. The summed E-state index contributed by atoms with van der Waals surface area (Å²) in [6.07, 6.45) is 2.36. The van der Waals surface area contributed by atoms with Crippen molar-refractivity contribution < 1.29 is 9.53 Å². The number of hydrogen-bond acceptors (Lipinski definition) is 2. The highest BCUT2D eigenvalue weighted by atomic mass is 35.5. The minimum absolute atomic E-state index is 0.398. The van der Waals surface area contributed by atoms with E-state index in [4.69, 9.17) is 16.3 Å². The summed E-state index contributed by atoms with van der Waals surface area (Å²) in [7, 11) is 0. The first kappa shape index (κ1) is 9.28. The van der Waals surface area contributed by atoms with E-state index in [1.807, 2.05) is 24.3 Å². The largest absolute Gasteiger partial charge is 0.493 e. The number of hydrogen-bond donors (Lipinski definition) is 0. The van der Waals surface area contributed by atoms with Gasteiger partial charge in [0.25, 0.3) is 0 Å². The first-order valence-corrected chi connectivity index (χ1v) is 4.77. The third-order valence-corrected chi connectivity index (χ3v) is 2.37. The summed E-state index contributed by atoms with van der Waals surface area (Å²) in [4.78, 5) is 11.0. The van der Waals surface area contributed by atoms with Gasteiger partial charge in [-0.1, -0.05) is 18.2 Å². The van der Waals surface area contributed by atoms with E-state index in [0.717, 1.165) is 11.3 Å². The molecule has 0 radical (unpaired) electrons. The van der Waals surface area contributed by atoms with Crippen molar-refractivity contribution in [2.75, 3.05) is 6.61 Å². The highest BCUT2D eigenvalue weighted by Gasteiger charge is 2.12. The topological polar surface area (TPSA) is 26.3 Å². The molecule has 1 aromatic carbocycles. The molecule has 2 nitrogen and oxygen atoms in total. The molecule has 0 aromatic heterocycles. The lowest BCUT2D eigenvalue weighted by atomic mass is 10.1. The Morgan fingerprint density at radius 1 is 1.36 bits per heavy atom. The Morgan fingerprint density at radius 2 is 2.14 bits per heavy atom. The zero-order valence-corrected chi connectivity index (χ0v) is 8.25. The normalized spacial score (nSPS) is 14.8. The molecule has 0 unspecified atom stereocenters. The molecule has 0 fully saturated rings. The van der Waals surface area contributed by atoms with Gasteiger partial charge in [0, 0.05) is 17.6 Å². The predicted octanol–water partition coefficient (Wildman–Crippen LogP) is 2.62. The van der Waals surface area contributed by atoms with Crippen molar-refractivity contribution in [2.45, 2.75) is 6.42 Å². The van der Waals surface area contributed by atoms with Crippen molar-refractivity contribution in [1.29, 1.82) is 0 Å². The Labute approximate surface area is 87.1 Å². The third kappa shape index (κ3) is 1.80. The molecule has 0 spiro atoms. The van der Waals surface area contributed by atoms with Crippen LogP contribution >= 0.6 is 11.6 Å². The molecule has 72 valence electrons. The second kappa shape index (κ2) is 3.84. The maximum absolute atomic E-state index is 11.0. The molecule has 2 rings (SSSR count). The Bertz CT molecular complexity index is 396. The molecule has 0 bridgehead atoms. The Morgan fingerprint density at radius 3 is 2.93 bits per heavy atom. The summed E-state index contributed by atoms with van der Waals surface area (Å²) < 4.78 is 5.47. The maximum atomic E-state index is 11.0. The fourth-order valence-corrected chi connectivity index (χ4v) is 1.57. The fraction of sp³-hybridized carbons (Fsp3) is 0.182. The van der Waals surface area contributed by atoms with E-state index in [1.165, 1.54) is 0 Å². The molecule has 0 amide bonds. The molecule has 0 saturated carbocycles. The van der Waals surface area contributed by atoms with Crippen LogP contribution in [-0.2, 0) is 4.79 Å². The number of fused-ring (bicyclic) bond motifs is 1. The van der Waals surface area contributed by atoms with Crippen LogP contribution in [-0.4, -0.2) is 11.8 Å². The lowest BCUT2D eigenvalue weighted by molar-refractivity contribution is -0.108. The molecule has 0 N–H and O–H groups in total. The number of ether oxygens (including phenoxy) is 1. The van der Waals surface area contributed by atoms with Crippen molar-refractivity contribution >= 4 is 22.9 Å². The minimum Gasteiger partial charge on any atom is -0.493 e. The molecule has 3 heteroatoms. The molecule has 1 heterocycles. The smallest absolute Gasteiger partial charge is 0.248 e. The van der Waals surface area contributed by atoms with Crippen molar-refractivity contribution in [3.05, 3.63) is 35.4 Å². The van der Waals surface area contributed by atoms with Gasteiger partial charge in [-0.15, -0.1) is 0 Å². The van der Waals surface area contributed by atoms with Crippen molar-refractivity contribution in [3.8, 4) is 5.75 Å². The van der Waals surface area contributed by atoms with E-state index in [2.05, 4.69) is 0 Å². The highest BCUT2D eigenvalue weighted by Crippen LogP contribution is 2.25. The van der Waals surface area contributed by atoms with Crippen LogP contribution in [0.3, 0.4) is 0 Å². The molecule has 0 atom stereocenters. The van der Waals surface area contributed by atoms with Gasteiger partial charge in [-0.25, -0.2) is 0 Å². The van der Waals surface area contributed by atoms with E-state index in [0.29, 0.717) is 18.6 Å². The maximum Gasteiger partial charge on any atom is 0.248 e. The van der Waals surface area contributed by atoms with Gasteiger partial charge in [0.05, 0.1) is 6.61 Å². The zero-order valence-electron chi connectivity index (χ0n) is 7.50. The van der Waals surface area contributed by atoms with Crippen molar-refractivity contribution in [1.82, 2.24) is 0 Å². The summed E-state index contributed by atoms with van der Waals surface area (Å²) in [6.45, 7) is 0.501. The van der Waals surface area contributed by atoms with Gasteiger partial charge in [-0.05, 0) is 23.7 Å². The zero-order chi connectivity index (χ0) is 9.97. The number of rotatable bonds is 1. The number of halogens is 1. The molecule has 1 aliphatic rings. The monoisotopic (exact) mass is 208 g/mol. The van der Waals surface area contributed by atoms with Crippen LogP contribution in [0.15, 0.2) is 29.8 Å². The van der Waals surface area contributed by atoms with Crippen LogP contribution in [0.1, 0.15) is 12.0 Å². The number of benzene rings is 1. The SMILES string of the molecule is O=C(Cl)C1=Cc2ccccc2OCC1. The van der Waals surface area contributed by atoms with Crippen molar-refractivity contribution in [3.63, 3.8) is 0 Å². The van der Waals surface area contributed by atoms with Crippen LogP contribution in [0.5, 0.6) is 5.75 Å². The van der Waals surface area contributed by atoms with Gasteiger partial charge in [0.1, 0.15) is 5.75 Å². The van der Waals surface area contributed by atoms with E-state index in [1.54, 1.807) is 6.08 Å². The lowest BCUT2D eigenvalue weighted by Gasteiger charge is -2.03. The van der Waals surface area contributed by atoms with Crippen LogP contribution in [0.4, 0.5) is 0 Å². The average molecular weight is 209 g/mol. The second-order valence-electron chi connectivity index (χ2n) is 3.08. The third-order valence-electron chi connectivity index (χ3n) is 2.13. The molecule has 1 aliphatic heterocycles. The summed E-state index contributed by atoms with van der Waals surface area (Å²) in [5.41, 5.74) is 1.52. The van der Waals surface area contributed by atoms with Gasteiger partial charge in [-0.3, -0.25) is 4.79 Å². The Kier molecular flexibility index (Phi) is 2.55. The molecular weight excluding hydrogens is 200 g/mol. The van der Waals surface area contributed by atoms with Gasteiger partial charge >= 0.3 is 0 Å². The van der Waals surface area contributed by atoms with Gasteiger partial charge in [0.15, 0.2) is 0 Å². The fourth-order valence-electron chi connectivity index (χ4n) is 1.42. The molecule has 14 heavy (non-hydrogen) atoms. The quantitative estimate of drug-likeness (QED) is 0.664. The Balaban J connectivity index is 2.44. The average Bonchev–Trinajstić information content (AvgIpc) is 2.39. The number of para-hydroxylation sites is 1. The molecule has 0 aliphatic carbocycles. The predicted molar refractivity (Wildman–Crippen MR) is 55.4 cm³/mol. The van der Waals surface area contributed by atoms with E-state index < -0.39 is 5.24 Å². The highest BCUT2D eigenvalue weighted by molar-refractivity contribution is 6.68. The standard InChI is InChI=1S/C11H9ClO2/c12-11(13)9-5-6-14-10-4-2-1-3-8(10)7-9/h1-4,7H,5-6H2. The summed E-state index contributed by atoms with van der Waals surface area (Å²) in [6, 6.07) is 7.59. The second-order valence-corrected chi connectivity index (χ2v) is 3.42. The summed E-state index contributed by atoms with van der Waals surface area (Å²) >= 11 is 5.43. The van der Waals surface area contributed by atoms with Gasteiger partial charge in [0.2, 0.25) is 5.24 Å². The number of carbonyl (C=O) groups is 1. The first-order valence-electron chi connectivity index (χ1n) is 4.39. The summed E-state index contributed by atoms with van der Waals surface area (Å²) in [5, 5.41) is -0.398. The van der Waals surface area contributed by atoms with Gasteiger partial charge < -0.3 is 4.74 Å². The number of carbonyl (C=O) groups excluding carboxylic acids is 1. The van der Waals surface area contributed by atoms with Crippen LogP contribution < -0.4 is 4.74 Å². The van der Waals surface area contributed by atoms with Gasteiger partial charge in [-0.2, -0.15) is 0 Å². The van der Waals surface area contributed by atoms with Crippen LogP contribution in [0.2, 0.25) is 0 Å². The summed E-state index contributed by atoms with van der Waals surface area (Å²) in [5.74, 6) is 0.806. The molecular formula is C11H9ClO2. The van der Waals surface area contributed by atoms with E-state index in [-0.39, 0.29) is 0 Å². The minimum atomic E-state index is -0.398.